The van der Waals surface area contributed by atoms with E-state index in [0.29, 0.717) is 0 Å². The van der Waals surface area contributed by atoms with Crippen LogP contribution in [0.1, 0.15) is 0 Å². The molecule has 0 heterocycles. The lowest BCUT2D eigenvalue weighted by Gasteiger charge is -1.96. The van der Waals surface area contributed by atoms with Gasteiger partial charge in [-0.05, 0) is 0 Å². The summed E-state index contributed by atoms with van der Waals surface area (Å²) in [5.74, 6) is 6.92. The van der Waals surface area contributed by atoms with E-state index < -0.39 is 6.10 Å². The summed E-state index contributed by atoms with van der Waals surface area (Å²) in [4.78, 5) is 0. The van der Waals surface area contributed by atoms with Crippen LogP contribution >= 0.6 is 0 Å². The molecule has 0 aromatic rings. The molecule has 0 rings (SSSR count). The number of aliphatic hydroxyl groups is 3. The molecule has 0 bridgehead atoms. The average molecular weight is 164 g/mol. The molecule has 3 N–H and O–H groups in total. The Bertz CT molecular complexity index is 52.2. The molecule has 10 heavy (non-hydrogen) atoms. The first-order valence-electron chi connectivity index (χ1n) is 3.44. The van der Waals surface area contributed by atoms with Gasteiger partial charge in [0.1, 0.15) is 6.10 Å². The second-order valence-electron chi connectivity index (χ2n) is 2.75. The van der Waals surface area contributed by atoms with Crippen LogP contribution in [0, 0.1) is 0 Å². The first-order valence-corrected chi connectivity index (χ1v) is 6.90. The zero-order chi connectivity index (χ0) is 8.57. The smallest absolute Gasteiger partial charge is 0.251 e. The van der Waals surface area contributed by atoms with Crippen molar-refractivity contribution in [2.45, 2.75) is 23.5 Å². The molecule has 4 heteroatoms. The van der Waals surface area contributed by atoms with Crippen molar-refractivity contribution in [3.05, 3.63) is 0 Å². The minimum atomic E-state index is -0.954. The molecule has 0 amide bonds. The molecule has 62 valence electrons. The molecule has 0 spiro atoms. The van der Waals surface area contributed by atoms with Crippen molar-refractivity contribution in [1.82, 2.24) is 0 Å². The molecule has 0 aromatic heterocycles. The Morgan fingerprint density at radius 2 is 1.30 bits per heavy atom. The molecule has 3 nitrogen and oxygen atoms in total. The van der Waals surface area contributed by atoms with Crippen LogP contribution < -0.4 is 0 Å². The van der Waals surface area contributed by atoms with Gasteiger partial charge in [0.05, 0.1) is 13.2 Å². The summed E-state index contributed by atoms with van der Waals surface area (Å²) in [7, 11) is 0. The van der Waals surface area contributed by atoms with E-state index in [-0.39, 0.29) is 27.4 Å². The van der Waals surface area contributed by atoms with Crippen molar-refractivity contribution in [3.63, 3.8) is 0 Å². The maximum atomic E-state index is 8.17. The first kappa shape index (κ1) is 13.0. The highest BCUT2D eigenvalue weighted by molar-refractivity contribution is 6.54. The highest BCUT2D eigenvalue weighted by Crippen LogP contribution is 1.71. The number of rotatable bonds is 2. The van der Waals surface area contributed by atoms with Gasteiger partial charge in [-0.15, -0.1) is 17.4 Å². The van der Waals surface area contributed by atoms with Crippen LogP contribution in [0.4, 0.5) is 0 Å². The number of aliphatic hydroxyl groups excluding tert-OH is 3. The quantitative estimate of drug-likeness (QED) is 0.491. The first-order chi connectivity index (χ1) is 4.54. The number of hydrogen-bond acceptors (Lipinski definition) is 3. The Labute approximate surface area is 66.7 Å². The van der Waals surface area contributed by atoms with E-state index in [9.17, 15) is 0 Å². The van der Waals surface area contributed by atoms with Crippen LogP contribution in [0.5, 0.6) is 0 Å². The van der Waals surface area contributed by atoms with Gasteiger partial charge in [0, 0.05) is 0 Å². The Balaban J connectivity index is 0. The van der Waals surface area contributed by atoms with Crippen LogP contribution in [0.3, 0.4) is 0 Å². The third-order valence-corrected chi connectivity index (χ3v) is 0.421. The van der Waals surface area contributed by atoms with Crippen molar-refractivity contribution in [2.24, 2.45) is 0 Å². The van der Waals surface area contributed by atoms with Crippen molar-refractivity contribution in [2.75, 3.05) is 13.2 Å². The van der Waals surface area contributed by atoms with Gasteiger partial charge in [0.2, 0.25) is 0 Å². The van der Waals surface area contributed by atoms with Gasteiger partial charge in [-0.25, -0.2) is 0 Å². The Morgan fingerprint density at radius 1 is 1.10 bits per heavy atom. The van der Waals surface area contributed by atoms with Gasteiger partial charge in [-0.1, -0.05) is 0 Å². The van der Waals surface area contributed by atoms with Crippen molar-refractivity contribution < 1.29 is 15.3 Å². The largest absolute Gasteiger partial charge is 0.394 e. The molecule has 0 radical (unpaired) electrons. The van der Waals surface area contributed by atoms with Crippen molar-refractivity contribution in [3.8, 4) is 0 Å². The van der Waals surface area contributed by atoms with Crippen LogP contribution in [-0.4, -0.2) is 48.8 Å². The lowest BCUT2D eigenvalue weighted by molar-refractivity contribution is 0.0450. The van der Waals surface area contributed by atoms with E-state index in [1.165, 1.54) is 0 Å². The van der Waals surface area contributed by atoms with Gasteiger partial charge in [0.25, 0.3) is 14.1 Å². The normalized spacial score (nSPS) is 8.70. The Hall–Kier alpha value is 0.412. The molecule has 0 unspecified atom stereocenters. The fourth-order valence-electron chi connectivity index (χ4n) is 0.0577. The molecule has 0 saturated heterocycles. The van der Waals surface area contributed by atoms with E-state index >= 15 is 0 Å². The van der Waals surface area contributed by atoms with Gasteiger partial charge in [-0.2, -0.15) is 0 Å². The van der Waals surface area contributed by atoms with Crippen molar-refractivity contribution >= 4 is 14.1 Å². The van der Waals surface area contributed by atoms with E-state index in [1.54, 1.807) is 0 Å². The molecule has 0 aliphatic heterocycles. The highest BCUT2D eigenvalue weighted by atomic mass is 27.2. The van der Waals surface area contributed by atoms with Crippen molar-refractivity contribution in [1.29, 1.82) is 0 Å². The maximum absolute atomic E-state index is 8.17. The van der Waals surface area contributed by atoms with Crippen LogP contribution in [0.15, 0.2) is 0 Å². The van der Waals surface area contributed by atoms with E-state index in [1.807, 2.05) is 0 Å². The topological polar surface area (TPSA) is 60.7 Å². The minimum Gasteiger partial charge on any atom is -0.394 e. The Morgan fingerprint density at radius 3 is 1.30 bits per heavy atom. The second kappa shape index (κ2) is 9.41. The Kier molecular flexibility index (Phi) is 12.3. The fraction of sp³-hybridized carbons (Fsp3) is 1.00. The number of hydrogen-bond donors (Lipinski definition) is 3. The molecule has 0 aliphatic rings. The summed E-state index contributed by atoms with van der Waals surface area (Å²) in [5, 5.41) is 24.0. The lowest BCUT2D eigenvalue weighted by atomic mass is 10.4. The third-order valence-electron chi connectivity index (χ3n) is 0.421. The summed E-state index contributed by atoms with van der Waals surface area (Å²) in [6.45, 7) is -0.729. The molecular formula is C6H17AlO3. The summed E-state index contributed by atoms with van der Waals surface area (Å²) in [6.07, 6.45) is -0.954. The summed E-state index contributed by atoms with van der Waals surface area (Å²) >= 11 is -0.139. The summed E-state index contributed by atoms with van der Waals surface area (Å²) < 4.78 is 0. The standard InChI is InChI=1S/C3H8O3.3CH3.Al/c4-1-3(6)2-5;;;;/h3-6H,1-2H2;3*1H3;. The molecule has 0 atom stereocenters. The molecule has 0 saturated carbocycles. The molecule has 0 fully saturated rings. The van der Waals surface area contributed by atoms with Crippen LogP contribution in [0.2, 0.25) is 17.4 Å². The van der Waals surface area contributed by atoms with Gasteiger partial charge < -0.3 is 15.3 Å². The minimum absolute atomic E-state index is 0.139. The fourth-order valence-corrected chi connectivity index (χ4v) is 0.0577. The third kappa shape index (κ3) is 23.7. The monoisotopic (exact) mass is 164 g/mol. The zero-order valence-electron chi connectivity index (χ0n) is 6.91. The summed E-state index contributed by atoms with van der Waals surface area (Å²) in [6, 6.07) is 0. The molecule has 0 aromatic carbocycles. The van der Waals surface area contributed by atoms with E-state index in [2.05, 4.69) is 17.4 Å². The SMILES string of the molecule is OCC(O)CO.[CH3][Al]([CH3])[CH3]. The average Bonchev–Trinajstić information content (AvgIpc) is 1.85. The zero-order valence-corrected chi connectivity index (χ0v) is 8.07. The van der Waals surface area contributed by atoms with E-state index in [4.69, 9.17) is 15.3 Å². The van der Waals surface area contributed by atoms with E-state index in [0.717, 1.165) is 0 Å². The second-order valence-corrected chi connectivity index (χ2v) is 6.22. The predicted octanol–water partition coefficient (Wildman–Crippen LogP) is -0.298. The van der Waals surface area contributed by atoms with Gasteiger partial charge >= 0.3 is 0 Å². The van der Waals surface area contributed by atoms with Crippen LogP contribution in [-0.2, 0) is 0 Å². The maximum Gasteiger partial charge on any atom is 0.251 e. The van der Waals surface area contributed by atoms with Crippen LogP contribution in [0.25, 0.3) is 0 Å². The molecular weight excluding hydrogens is 147 g/mol. The predicted molar refractivity (Wildman–Crippen MR) is 43.5 cm³/mol. The highest BCUT2D eigenvalue weighted by Gasteiger charge is 1.93. The molecule has 0 aliphatic carbocycles. The lowest BCUT2D eigenvalue weighted by Crippen LogP contribution is -2.15. The van der Waals surface area contributed by atoms with Gasteiger partial charge in [-0.3, -0.25) is 0 Å². The van der Waals surface area contributed by atoms with Gasteiger partial charge in [0.15, 0.2) is 0 Å². The summed E-state index contributed by atoms with van der Waals surface area (Å²) in [5.41, 5.74) is 0.